The number of aryl methyl sites for hydroxylation is 1. The Morgan fingerprint density at radius 1 is 1.45 bits per heavy atom. The summed E-state index contributed by atoms with van der Waals surface area (Å²) in [6.45, 7) is 3.93. The molecule has 2 atom stereocenters. The molecule has 1 aliphatic rings. The third-order valence-electron chi connectivity index (χ3n) is 4.20. The minimum atomic E-state index is -0.994. The second-order valence-electron chi connectivity index (χ2n) is 5.75. The first-order valence-corrected chi connectivity index (χ1v) is 8.66. The molecule has 5 nitrogen and oxygen atoms in total. The number of carboxylic acids is 1. The van der Waals surface area contributed by atoms with Gasteiger partial charge in [0.1, 0.15) is 12.2 Å². The van der Waals surface area contributed by atoms with Gasteiger partial charge in [0.2, 0.25) is 0 Å². The number of carbonyl (C=O) groups excluding carboxylic acids is 1. The fourth-order valence-corrected chi connectivity index (χ4v) is 4.18. The first-order valence-electron chi connectivity index (χ1n) is 7.61. The highest BCUT2D eigenvalue weighted by molar-refractivity contribution is 7.99. The van der Waals surface area contributed by atoms with Crippen LogP contribution in [0.1, 0.15) is 47.9 Å². The summed E-state index contributed by atoms with van der Waals surface area (Å²) in [5, 5.41) is 9.56. The topological polar surface area (TPSA) is 70.8 Å². The largest absolute Gasteiger partial charge is 0.481 e. The molecule has 0 aromatic carbocycles. The summed E-state index contributed by atoms with van der Waals surface area (Å²) < 4.78 is 5.27. The lowest BCUT2D eigenvalue weighted by Gasteiger charge is -2.25. The molecule has 1 aliphatic carbocycles. The SMILES string of the molecule is CCSC1CCC(N(C)C(=O)c2c(C)coc2CC(=O)O)C1. The van der Waals surface area contributed by atoms with Crippen molar-refractivity contribution in [1.29, 1.82) is 0 Å². The van der Waals surface area contributed by atoms with Gasteiger partial charge in [-0.2, -0.15) is 11.8 Å². The van der Waals surface area contributed by atoms with Gasteiger partial charge in [0, 0.05) is 23.9 Å². The molecule has 0 bridgehead atoms. The zero-order chi connectivity index (χ0) is 16.3. The van der Waals surface area contributed by atoms with E-state index < -0.39 is 5.97 Å². The Labute approximate surface area is 135 Å². The summed E-state index contributed by atoms with van der Waals surface area (Å²) in [5.41, 5.74) is 1.11. The van der Waals surface area contributed by atoms with Gasteiger partial charge in [0.25, 0.3) is 5.91 Å². The molecule has 1 amide bonds. The molecule has 22 heavy (non-hydrogen) atoms. The summed E-state index contributed by atoms with van der Waals surface area (Å²) >= 11 is 1.95. The van der Waals surface area contributed by atoms with Crippen LogP contribution in [-0.4, -0.2) is 46.0 Å². The highest BCUT2D eigenvalue weighted by Crippen LogP contribution is 2.33. The van der Waals surface area contributed by atoms with Gasteiger partial charge in [-0.15, -0.1) is 0 Å². The minimum absolute atomic E-state index is 0.130. The molecule has 1 N–H and O–H groups in total. The number of carbonyl (C=O) groups is 2. The first kappa shape index (κ1) is 16.9. The van der Waals surface area contributed by atoms with Crippen LogP contribution in [0.15, 0.2) is 10.7 Å². The molecule has 1 aromatic heterocycles. The molecule has 2 unspecified atom stereocenters. The lowest BCUT2D eigenvalue weighted by Crippen LogP contribution is -2.36. The summed E-state index contributed by atoms with van der Waals surface area (Å²) in [7, 11) is 1.81. The van der Waals surface area contributed by atoms with Crippen molar-refractivity contribution in [3.05, 3.63) is 23.2 Å². The monoisotopic (exact) mass is 325 g/mol. The molecular formula is C16H23NO4S. The number of amides is 1. The Bertz CT molecular complexity index is 554. The maximum atomic E-state index is 12.7. The summed E-state index contributed by atoms with van der Waals surface area (Å²) in [6, 6.07) is 0.225. The average molecular weight is 325 g/mol. The number of nitrogens with zero attached hydrogens (tertiary/aromatic N) is 1. The Hall–Kier alpha value is -1.43. The fraction of sp³-hybridized carbons (Fsp3) is 0.625. The van der Waals surface area contributed by atoms with E-state index in [0.29, 0.717) is 16.4 Å². The van der Waals surface area contributed by atoms with Crippen LogP contribution in [0.2, 0.25) is 0 Å². The van der Waals surface area contributed by atoms with Crippen molar-refractivity contribution >= 4 is 23.6 Å². The quantitative estimate of drug-likeness (QED) is 0.870. The zero-order valence-corrected chi connectivity index (χ0v) is 14.1. The third kappa shape index (κ3) is 3.66. The smallest absolute Gasteiger partial charge is 0.311 e. The normalized spacial score (nSPS) is 21.0. The van der Waals surface area contributed by atoms with E-state index in [1.54, 1.807) is 11.8 Å². The maximum absolute atomic E-state index is 12.7. The Morgan fingerprint density at radius 2 is 2.18 bits per heavy atom. The molecule has 0 saturated heterocycles. The Kier molecular flexibility index (Phi) is 5.56. The van der Waals surface area contributed by atoms with E-state index in [2.05, 4.69) is 6.92 Å². The van der Waals surface area contributed by atoms with E-state index in [4.69, 9.17) is 9.52 Å². The van der Waals surface area contributed by atoms with Gasteiger partial charge in [-0.25, -0.2) is 0 Å². The average Bonchev–Trinajstić information content (AvgIpc) is 3.05. The van der Waals surface area contributed by atoms with Crippen molar-refractivity contribution in [2.24, 2.45) is 0 Å². The molecule has 1 fully saturated rings. The van der Waals surface area contributed by atoms with E-state index in [1.165, 1.54) is 6.26 Å². The highest BCUT2D eigenvalue weighted by atomic mass is 32.2. The molecule has 1 aromatic rings. The van der Waals surface area contributed by atoms with Crippen LogP contribution in [0.25, 0.3) is 0 Å². The van der Waals surface area contributed by atoms with Crippen molar-refractivity contribution in [1.82, 2.24) is 4.90 Å². The molecular weight excluding hydrogens is 302 g/mol. The van der Waals surface area contributed by atoms with Gasteiger partial charge < -0.3 is 14.4 Å². The van der Waals surface area contributed by atoms with E-state index >= 15 is 0 Å². The van der Waals surface area contributed by atoms with Gasteiger partial charge in [0.05, 0.1) is 11.8 Å². The predicted molar refractivity (Wildman–Crippen MR) is 86.4 cm³/mol. The first-order chi connectivity index (χ1) is 10.4. The van der Waals surface area contributed by atoms with Gasteiger partial charge in [-0.05, 0) is 31.9 Å². The van der Waals surface area contributed by atoms with Gasteiger partial charge in [0.15, 0.2) is 0 Å². The van der Waals surface area contributed by atoms with Crippen LogP contribution in [0.4, 0.5) is 0 Å². The molecule has 0 aliphatic heterocycles. The van der Waals surface area contributed by atoms with Gasteiger partial charge in [-0.1, -0.05) is 6.92 Å². The molecule has 1 saturated carbocycles. The number of hydrogen-bond acceptors (Lipinski definition) is 4. The van der Waals surface area contributed by atoms with E-state index in [0.717, 1.165) is 25.0 Å². The van der Waals surface area contributed by atoms with E-state index in [1.807, 2.05) is 18.8 Å². The molecule has 1 heterocycles. The van der Waals surface area contributed by atoms with Crippen LogP contribution < -0.4 is 0 Å². The lowest BCUT2D eigenvalue weighted by atomic mass is 10.1. The second kappa shape index (κ2) is 7.22. The van der Waals surface area contributed by atoms with Crippen molar-refractivity contribution < 1.29 is 19.1 Å². The van der Waals surface area contributed by atoms with Crippen LogP contribution in [-0.2, 0) is 11.2 Å². The van der Waals surface area contributed by atoms with Crippen molar-refractivity contribution in [3.8, 4) is 0 Å². The molecule has 2 rings (SSSR count). The van der Waals surface area contributed by atoms with Crippen molar-refractivity contribution in [3.63, 3.8) is 0 Å². The number of thioether (sulfide) groups is 1. The van der Waals surface area contributed by atoms with Crippen LogP contribution >= 0.6 is 11.8 Å². The maximum Gasteiger partial charge on any atom is 0.311 e. The van der Waals surface area contributed by atoms with Crippen LogP contribution in [0, 0.1) is 6.92 Å². The number of aliphatic carboxylic acids is 1. The van der Waals surface area contributed by atoms with Crippen LogP contribution in [0.3, 0.4) is 0 Å². The van der Waals surface area contributed by atoms with Gasteiger partial charge in [-0.3, -0.25) is 9.59 Å². The van der Waals surface area contributed by atoms with E-state index in [-0.39, 0.29) is 24.1 Å². The van der Waals surface area contributed by atoms with Crippen molar-refractivity contribution in [2.75, 3.05) is 12.8 Å². The standard InChI is InChI=1S/C16H23NO4S/c1-4-22-12-6-5-11(7-12)17(3)16(20)15-10(2)9-21-13(15)8-14(18)19/h9,11-12H,4-8H2,1-3H3,(H,18,19). The number of furan rings is 1. The minimum Gasteiger partial charge on any atom is -0.481 e. The number of hydrogen-bond donors (Lipinski definition) is 1. The zero-order valence-electron chi connectivity index (χ0n) is 13.3. The number of carboxylic acid groups (broad SMARTS) is 1. The molecule has 122 valence electrons. The lowest BCUT2D eigenvalue weighted by molar-refractivity contribution is -0.136. The Balaban J connectivity index is 2.11. The third-order valence-corrected chi connectivity index (χ3v) is 5.44. The highest BCUT2D eigenvalue weighted by Gasteiger charge is 2.32. The number of rotatable bonds is 6. The summed E-state index contributed by atoms with van der Waals surface area (Å²) in [4.78, 5) is 25.4. The fourth-order valence-electron chi connectivity index (χ4n) is 3.05. The van der Waals surface area contributed by atoms with E-state index in [9.17, 15) is 9.59 Å². The Morgan fingerprint density at radius 3 is 2.82 bits per heavy atom. The second-order valence-corrected chi connectivity index (χ2v) is 7.33. The molecule has 6 heteroatoms. The van der Waals surface area contributed by atoms with Gasteiger partial charge >= 0.3 is 5.97 Å². The van der Waals surface area contributed by atoms with Crippen LogP contribution in [0.5, 0.6) is 0 Å². The predicted octanol–water partition coefficient (Wildman–Crippen LogP) is 2.96. The summed E-state index contributed by atoms with van der Waals surface area (Å²) in [6.07, 6.45) is 4.34. The van der Waals surface area contributed by atoms with Crippen molar-refractivity contribution in [2.45, 2.75) is 50.8 Å². The summed E-state index contributed by atoms with van der Waals surface area (Å²) in [5.74, 6) is 0.221. The molecule has 0 spiro atoms. The molecule has 0 radical (unpaired) electrons.